The molecule has 3 rings (SSSR count). The van der Waals surface area contributed by atoms with E-state index < -0.39 is 5.91 Å². The largest absolute Gasteiger partial charge is 0.450 e. The first-order chi connectivity index (χ1) is 12.2. The lowest BCUT2D eigenvalue weighted by atomic mass is 10.1. The predicted octanol–water partition coefficient (Wildman–Crippen LogP) is 1.48. The number of carbonyl (C=O) groups excluding carboxylic acids is 2. The number of rotatable bonds is 4. The van der Waals surface area contributed by atoms with Crippen LogP contribution in [0.3, 0.4) is 0 Å². The summed E-state index contributed by atoms with van der Waals surface area (Å²) in [5.41, 5.74) is 0.674. The molecule has 2 amide bonds. The van der Waals surface area contributed by atoms with Gasteiger partial charge in [0.15, 0.2) is 0 Å². The van der Waals surface area contributed by atoms with Crippen LogP contribution in [0.25, 0.3) is 11.4 Å². The monoisotopic (exact) mass is 345 g/mol. The van der Waals surface area contributed by atoms with Crippen molar-refractivity contribution in [3.05, 3.63) is 30.4 Å². The second-order valence-corrected chi connectivity index (χ2v) is 5.60. The highest BCUT2D eigenvalue weighted by Crippen LogP contribution is 2.15. The summed E-state index contributed by atoms with van der Waals surface area (Å²) in [6, 6.07) is 3.49. The zero-order chi connectivity index (χ0) is 17.6. The number of amides is 2. The molecule has 1 saturated heterocycles. The smallest absolute Gasteiger partial charge is 0.409 e. The van der Waals surface area contributed by atoms with Gasteiger partial charge in [-0.25, -0.2) is 4.79 Å². The molecular formula is C16H19N5O4. The fourth-order valence-electron chi connectivity index (χ4n) is 2.60. The Kier molecular flexibility index (Phi) is 5.22. The highest BCUT2D eigenvalue weighted by molar-refractivity contribution is 5.90. The number of nitrogens with zero attached hydrogens (tertiary/aromatic N) is 4. The van der Waals surface area contributed by atoms with Crippen molar-refractivity contribution < 1.29 is 18.8 Å². The molecule has 0 aliphatic carbocycles. The minimum atomic E-state index is -0.419. The molecule has 0 unspecified atom stereocenters. The molecular weight excluding hydrogens is 326 g/mol. The number of hydrogen-bond donors (Lipinski definition) is 1. The molecule has 0 atom stereocenters. The summed E-state index contributed by atoms with van der Waals surface area (Å²) >= 11 is 0. The van der Waals surface area contributed by atoms with Gasteiger partial charge in [0, 0.05) is 37.1 Å². The molecule has 1 N–H and O–H groups in total. The van der Waals surface area contributed by atoms with E-state index in [1.165, 1.54) is 0 Å². The van der Waals surface area contributed by atoms with Gasteiger partial charge >= 0.3 is 17.9 Å². The Labute approximate surface area is 144 Å². The quantitative estimate of drug-likeness (QED) is 0.893. The van der Waals surface area contributed by atoms with Gasteiger partial charge in [0.1, 0.15) is 0 Å². The Bertz CT molecular complexity index is 725. The van der Waals surface area contributed by atoms with Gasteiger partial charge in [-0.3, -0.25) is 9.78 Å². The highest BCUT2D eigenvalue weighted by Gasteiger charge is 2.26. The topological polar surface area (TPSA) is 110 Å². The van der Waals surface area contributed by atoms with Crippen molar-refractivity contribution in [3.8, 4) is 11.4 Å². The Hall–Kier alpha value is -2.97. The van der Waals surface area contributed by atoms with E-state index in [0.29, 0.717) is 43.9 Å². The van der Waals surface area contributed by atoms with Gasteiger partial charge in [-0.2, -0.15) is 4.98 Å². The zero-order valence-corrected chi connectivity index (χ0v) is 13.8. The van der Waals surface area contributed by atoms with Crippen molar-refractivity contribution in [2.24, 2.45) is 0 Å². The first-order valence-corrected chi connectivity index (χ1v) is 8.14. The van der Waals surface area contributed by atoms with Gasteiger partial charge in [-0.15, -0.1) is 0 Å². The number of aromatic nitrogens is 3. The van der Waals surface area contributed by atoms with Crippen LogP contribution in [-0.2, 0) is 4.74 Å². The number of ether oxygens (including phenoxy) is 1. The molecule has 0 spiro atoms. The van der Waals surface area contributed by atoms with Crippen LogP contribution in [0.4, 0.5) is 4.79 Å². The van der Waals surface area contributed by atoms with Crippen LogP contribution in [-0.4, -0.2) is 57.8 Å². The van der Waals surface area contributed by atoms with E-state index in [4.69, 9.17) is 9.26 Å². The van der Waals surface area contributed by atoms with Crippen LogP contribution in [0.2, 0.25) is 0 Å². The SMILES string of the molecule is CCOC(=O)N1CCC(NC(=O)c2nc(-c3cccnc3)no2)CC1. The Morgan fingerprint density at radius 1 is 1.40 bits per heavy atom. The number of piperidine rings is 1. The molecule has 9 nitrogen and oxygen atoms in total. The van der Waals surface area contributed by atoms with E-state index in [0.717, 1.165) is 0 Å². The normalized spacial score (nSPS) is 15.0. The average molecular weight is 345 g/mol. The van der Waals surface area contributed by atoms with E-state index in [-0.39, 0.29) is 18.0 Å². The maximum atomic E-state index is 12.2. The van der Waals surface area contributed by atoms with Gasteiger partial charge in [0.2, 0.25) is 5.82 Å². The van der Waals surface area contributed by atoms with Gasteiger partial charge in [0.05, 0.1) is 6.61 Å². The average Bonchev–Trinajstić information content (AvgIpc) is 3.13. The Balaban J connectivity index is 1.54. The molecule has 2 aromatic rings. The van der Waals surface area contributed by atoms with E-state index in [1.807, 2.05) is 0 Å². The third kappa shape index (κ3) is 4.11. The molecule has 9 heteroatoms. The lowest BCUT2D eigenvalue weighted by Gasteiger charge is -2.31. The summed E-state index contributed by atoms with van der Waals surface area (Å²) < 4.78 is 10.0. The number of nitrogens with one attached hydrogen (secondary N) is 1. The first kappa shape index (κ1) is 16.9. The van der Waals surface area contributed by atoms with Crippen molar-refractivity contribution in [1.29, 1.82) is 0 Å². The van der Waals surface area contributed by atoms with Gasteiger partial charge in [-0.05, 0) is 31.9 Å². The summed E-state index contributed by atoms with van der Waals surface area (Å²) in [6.45, 7) is 3.20. The Morgan fingerprint density at radius 3 is 2.88 bits per heavy atom. The molecule has 0 bridgehead atoms. The van der Waals surface area contributed by atoms with Crippen LogP contribution in [0.5, 0.6) is 0 Å². The summed E-state index contributed by atoms with van der Waals surface area (Å²) in [7, 11) is 0. The van der Waals surface area contributed by atoms with Crippen molar-refractivity contribution >= 4 is 12.0 Å². The zero-order valence-electron chi connectivity index (χ0n) is 13.8. The van der Waals surface area contributed by atoms with Crippen molar-refractivity contribution in [1.82, 2.24) is 25.3 Å². The molecule has 1 aliphatic heterocycles. The van der Waals surface area contributed by atoms with Gasteiger partial charge in [0.25, 0.3) is 0 Å². The van der Waals surface area contributed by atoms with E-state index in [1.54, 1.807) is 36.4 Å². The van der Waals surface area contributed by atoms with Crippen LogP contribution in [0, 0.1) is 0 Å². The minimum Gasteiger partial charge on any atom is -0.450 e. The van der Waals surface area contributed by atoms with Crippen LogP contribution in [0.15, 0.2) is 29.0 Å². The molecule has 0 aromatic carbocycles. The second kappa shape index (κ2) is 7.73. The molecule has 3 heterocycles. The van der Waals surface area contributed by atoms with Gasteiger partial charge in [-0.1, -0.05) is 5.16 Å². The number of likely N-dealkylation sites (tertiary alicyclic amines) is 1. The fraction of sp³-hybridized carbons (Fsp3) is 0.438. The number of hydrogen-bond acceptors (Lipinski definition) is 7. The Morgan fingerprint density at radius 2 is 2.20 bits per heavy atom. The van der Waals surface area contributed by atoms with Crippen LogP contribution < -0.4 is 5.32 Å². The third-order valence-corrected chi connectivity index (χ3v) is 3.90. The second-order valence-electron chi connectivity index (χ2n) is 5.60. The maximum absolute atomic E-state index is 12.2. The molecule has 25 heavy (non-hydrogen) atoms. The van der Waals surface area contributed by atoms with Gasteiger partial charge < -0.3 is 19.5 Å². The number of carbonyl (C=O) groups is 2. The van der Waals surface area contributed by atoms with Crippen molar-refractivity contribution in [3.63, 3.8) is 0 Å². The van der Waals surface area contributed by atoms with Crippen molar-refractivity contribution in [2.75, 3.05) is 19.7 Å². The summed E-state index contributed by atoms with van der Waals surface area (Å²) in [5, 5.41) is 6.66. The molecule has 0 saturated carbocycles. The van der Waals surface area contributed by atoms with E-state index in [2.05, 4.69) is 20.4 Å². The number of pyridine rings is 1. The van der Waals surface area contributed by atoms with Crippen molar-refractivity contribution in [2.45, 2.75) is 25.8 Å². The maximum Gasteiger partial charge on any atom is 0.409 e. The van der Waals surface area contributed by atoms with E-state index >= 15 is 0 Å². The molecule has 132 valence electrons. The summed E-state index contributed by atoms with van der Waals surface area (Å²) in [5.74, 6) is -0.195. The molecule has 0 radical (unpaired) electrons. The molecule has 2 aromatic heterocycles. The molecule has 1 aliphatic rings. The third-order valence-electron chi connectivity index (χ3n) is 3.90. The lowest BCUT2D eigenvalue weighted by molar-refractivity contribution is 0.0829. The van der Waals surface area contributed by atoms with E-state index in [9.17, 15) is 9.59 Å². The first-order valence-electron chi connectivity index (χ1n) is 8.14. The van der Waals surface area contributed by atoms with Crippen LogP contribution in [0.1, 0.15) is 30.5 Å². The summed E-state index contributed by atoms with van der Waals surface area (Å²) in [6.07, 6.45) is 4.21. The lowest BCUT2D eigenvalue weighted by Crippen LogP contribution is -2.46. The molecule has 1 fully saturated rings. The minimum absolute atomic E-state index is 0.0491. The predicted molar refractivity (Wildman–Crippen MR) is 86.6 cm³/mol. The standard InChI is InChI=1S/C16H19N5O4/c1-2-24-16(23)21-8-5-12(6-9-21)18-14(22)15-19-13(20-25-15)11-4-3-7-17-10-11/h3-4,7,10,12H,2,5-6,8-9H2,1H3,(H,18,22). The summed E-state index contributed by atoms with van der Waals surface area (Å²) in [4.78, 5) is 33.6. The fourth-order valence-corrected chi connectivity index (χ4v) is 2.60. The van der Waals surface area contributed by atoms with Crippen LogP contribution >= 0.6 is 0 Å². The highest BCUT2D eigenvalue weighted by atomic mass is 16.6.